The summed E-state index contributed by atoms with van der Waals surface area (Å²) in [5, 5.41) is 8.48. The molecular formula is C10H12ClNO2. The van der Waals surface area contributed by atoms with Crippen molar-refractivity contribution in [2.24, 2.45) is 5.73 Å². The number of benzene rings is 1. The van der Waals surface area contributed by atoms with Crippen LogP contribution in [0.4, 0.5) is 0 Å². The smallest absolute Gasteiger partial charge is 0.304 e. The zero-order valence-electron chi connectivity index (χ0n) is 11.3. The third-order valence-electron chi connectivity index (χ3n) is 1.73. The van der Waals surface area contributed by atoms with Gasteiger partial charge in [-0.2, -0.15) is 0 Å². The summed E-state index contributed by atoms with van der Waals surface area (Å²) in [6, 6.07) is -1.43. The summed E-state index contributed by atoms with van der Waals surface area (Å²) in [5.74, 6) is -1.88. The van der Waals surface area contributed by atoms with Crippen LogP contribution >= 0.6 is 11.6 Å². The zero-order chi connectivity index (χ0) is 14.0. The van der Waals surface area contributed by atoms with Gasteiger partial charge in [0.15, 0.2) is 0 Å². The van der Waals surface area contributed by atoms with Gasteiger partial charge in [-0.3, -0.25) is 4.79 Å². The molecule has 0 aliphatic carbocycles. The molecule has 76 valence electrons. The molecule has 14 heavy (non-hydrogen) atoms. The largest absolute Gasteiger partial charge is 0.481 e. The van der Waals surface area contributed by atoms with Gasteiger partial charge in [0.05, 0.1) is 11.9 Å². The first-order valence-electron chi connectivity index (χ1n) is 5.98. The number of hydrogen-bond acceptors (Lipinski definition) is 2. The molecule has 0 aliphatic heterocycles. The van der Waals surface area contributed by atoms with Crippen LogP contribution in [0.5, 0.6) is 0 Å². The molecule has 0 aromatic heterocycles. The van der Waals surface area contributed by atoms with Crippen molar-refractivity contribution in [2.75, 3.05) is 6.54 Å². The normalized spacial score (nSPS) is 16.4. The van der Waals surface area contributed by atoms with E-state index in [4.69, 9.17) is 27.9 Å². The molecule has 4 heteroatoms. The second-order valence-electron chi connectivity index (χ2n) is 2.76. The Hall–Kier alpha value is -1.06. The van der Waals surface area contributed by atoms with Gasteiger partial charge in [0.25, 0.3) is 0 Å². The predicted molar refractivity (Wildman–Crippen MR) is 55.5 cm³/mol. The molecule has 1 unspecified atom stereocenters. The molecule has 0 aliphatic rings. The highest BCUT2D eigenvalue weighted by Gasteiger charge is 2.13. The molecule has 0 amide bonds. The molecule has 1 aromatic carbocycles. The number of hydrogen-bond donors (Lipinski definition) is 2. The van der Waals surface area contributed by atoms with Gasteiger partial charge in [-0.05, 0) is 24.2 Å². The van der Waals surface area contributed by atoms with E-state index in [1.165, 1.54) is 0 Å². The maximum Gasteiger partial charge on any atom is 0.304 e. The van der Waals surface area contributed by atoms with Crippen LogP contribution in [0.15, 0.2) is 24.2 Å². The van der Waals surface area contributed by atoms with Crippen molar-refractivity contribution in [1.82, 2.24) is 0 Å². The Morgan fingerprint density at radius 3 is 2.57 bits per heavy atom. The standard InChI is InChI=1S/C10H12ClNO2/c11-9-3-1-7(2-4-9)8(6-12)5-10(13)14/h1-4,8H,5-6,12H2,(H,13,14)/i1D,2D,3D,4D,12+1. The third kappa shape index (κ3) is 3.01. The van der Waals surface area contributed by atoms with Gasteiger partial charge < -0.3 is 10.8 Å². The quantitative estimate of drug-likeness (QED) is 0.759. The van der Waals surface area contributed by atoms with Gasteiger partial charge in [-0.15, -0.1) is 0 Å². The fourth-order valence-electron chi connectivity index (χ4n) is 1.03. The molecule has 3 nitrogen and oxygen atoms in total. The molecule has 0 radical (unpaired) electrons. The summed E-state index contributed by atoms with van der Waals surface area (Å²) in [7, 11) is 0. The number of rotatable bonds is 4. The van der Waals surface area contributed by atoms with Crippen LogP contribution in [0, 0.1) is 0 Å². The van der Waals surface area contributed by atoms with E-state index < -0.39 is 11.9 Å². The molecular weight excluding hydrogens is 203 g/mol. The lowest BCUT2D eigenvalue weighted by atomic mass is 9.96. The van der Waals surface area contributed by atoms with Crippen LogP contribution < -0.4 is 5.73 Å². The summed E-state index contributed by atoms with van der Waals surface area (Å²) in [4.78, 5) is 10.7. The fraction of sp³-hybridized carbons (Fsp3) is 0.300. The third-order valence-corrected chi connectivity index (χ3v) is 1.92. The molecule has 1 atom stereocenters. The summed E-state index contributed by atoms with van der Waals surface area (Å²) in [5.41, 5.74) is 5.44. The second kappa shape index (κ2) is 4.98. The van der Waals surface area contributed by atoms with E-state index in [2.05, 4.69) is 0 Å². The fourth-order valence-corrected chi connectivity index (χ4v) is 1.12. The molecule has 0 fully saturated rings. The topological polar surface area (TPSA) is 63.3 Å². The van der Waals surface area contributed by atoms with Crippen LogP contribution in [0.2, 0.25) is 5.02 Å². The first-order valence-corrected chi connectivity index (χ1v) is 4.36. The van der Waals surface area contributed by atoms with Crippen molar-refractivity contribution in [1.29, 1.82) is 0 Å². The van der Waals surface area contributed by atoms with Crippen molar-refractivity contribution in [2.45, 2.75) is 12.3 Å². The Morgan fingerprint density at radius 2 is 2.14 bits per heavy atom. The zero-order valence-corrected chi connectivity index (χ0v) is 8.06. The minimum atomic E-state index is -1.11. The van der Waals surface area contributed by atoms with E-state index in [0.29, 0.717) is 0 Å². The number of carboxylic acids is 1. The van der Waals surface area contributed by atoms with Gasteiger partial charge in [0.1, 0.15) is 0 Å². The number of carbonyl (C=O) groups is 1. The monoisotopic (exact) mass is 218 g/mol. The van der Waals surface area contributed by atoms with Gasteiger partial charge in [0, 0.05) is 10.9 Å². The Balaban J connectivity index is 3.43. The lowest BCUT2D eigenvalue weighted by molar-refractivity contribution is -0.137. The first-order chi connectivity index (χ1) is 8.31. The molecule has 0 heterocycles. The Bertz CT molecular complexity index is 466. The lowest BCUT2D eigenvalue weighted by Crippen LogP contribution is -2.16. The van der Waals surface area contributed by atoms with Crippen LogP contribution in [-0.4, -0.2) is 17.6 Å². The van der Waals surface area contributed by atoms with E-state index in [-0.39, 0.29) is 47.7 Å². The Morgan fingerprint density at radius 1 is 1.57 bits per heavy atom. The van der Waals surface area contributed by atoms with Crippen LogP contribution in [-0.2, 0) is 4.79 Å². The van der Waals surface area contributed by atoms with E-state index in [0.717, 1.165) is 0 Å². The van der Waals surface area contributed by atoms with Gasteiger partial charge in [0.2, 0.25) is 0 Å². The number of aliphatic carboxylic acids is 1. The minimum Gasteiger partial charge on any atom is -0.481 e. The predicted octanol–water partition coefficient (Wildman–Crippen LogP) is 1.86. The number of carboxylic acid groups (broad SMARTS) is 1. The maximum atomic E-state index is 10.7. The highest BCUT2D eigenvalue weighted by molar-refractivity contribution is 6.30. The highest BCUT2D eigenvalue weighted by Crippen LogP contribution is 2.20. The Labute approximate surface area is 93.1 Å². The van der Waals surface area contributed by atoms with Crippen molar-refractivity contribution in [3.8, 4) is 0 Å². The summed E-state index contributed by atoms with van der Waals surface area (Å²) in [6.45, 7) is -0.0788. The van der Waals surface area contributed by atoms with E-state index in [1.807, 2.05) is 0 Å². The molecule has 0 saturated carbocycles. The molecule has 0 saturated heterocycles. The maximum absolute atomic E-state index is 10.7. The van der Waals surface area contributed by atoms with E-state index in [9.17, 15) is 4.79 Å². The highest BCUT2D eigenvalue weighted by atomic mass is 35.5. The van der Waals surface area contributed by atoms with Crippen molar-refractivity contribution < 1.29 is 15.4 Å². The second-order valence-corrected chi connectivity index (χ2v) is 3.14. The molecule has 3 N–H and O–H groups in total. The van der Waals surface area contributed by atoms with E-state index in [1.54, 1.807) is 0 Å². The molecule has 0 spiro atoms. The van der Waals surface area contributed by atoms with Crippen molar-refractivity contribution in [3.05, 3.63) is 34.8 Å². The molecule has 1 rings (SSSR count). The van der Waals surface area contributed by atoms with Gasteiger partial charge in [-0.25, -0.2) is 0 Å². The average Bonchev–Trinajstić information content (AvgIpc) is 2.32. The minimum absolute atomic E-state index is 0.000648. The van der Waals surface area contributed by atoms with Crippen LogP contribution in [0.1, 0.15) is 23.4 Å². The van der Waals surface area contributed by atoms with Gasteiger partial charge in [-0.1, -0.05) is 23.7 Å². The summed E-state index contributed by atoms with van der Waals surface area (Å²) in [6.07, 6.45) is -0.352. The van der Waals surface area contributed by atoms with E-state index >= 15 is 0 Å². The van der Waals surface area contributed by atoms with Crippen LogP contribution in [0.3, 0.4) is 0 Å². The number of nitrogens with two attached hydrogens (primary N) is 1. The van der Waals surface area contributed by atoms with Crippen molar-refractivity contribution in [3.63, 3.8) is 0 Å². The Kier molecular flexibility index (Phi) is 2.29. The first kappa shape index (κ1) is 6.43. The lowest BCUT2D eigenvalue weighted by Gasteiger charge is -2.12. The number of halogens is 1. The SMILES string of the molecule is [2H]c1c([2H])c(C(C[15NH2])CC(=O)O)c([2H])c([2H])c1Cl. The average molecular weight is 219 g/mol. The molecule has 1 aromatic rings. The molecule has 0 bridgehead atoms. The van der Waals surface area contributed by atoms with Gasteiger partial charge >= 0.3 is 5.97 Å². The van der Waals surface area contributed by atoms with Crippen molar-refractivity contribution >= 4 is 17.6 Å². The summed E-state index contributed by atoms with van der Waals surface area (Å²) < 4.78 is 30.6. The summed E-state index contributed by atoms with van der Waals surface area (Å²) >= 11 is 5.65. The van der Waals surface area contributed by atoms with Crippen LogP contribution in [0.25, 0.3) is 0 Å².